The SMILES string of the molecule is Cc1nn(C)c2nc(-c3ccco3)cc(C(=O)N3CCN(C(C)c4nc(-c5ccccc5)no4)CC3)c12. The number of furan rings is 1. The van der Waals surface area contributed by atoms with E-state index in [1.807, 2.05) is 67.4 Å². The van der Waals surface area contributed by atoms with Gasteiger partial charge in [0.05, 0.1) is 28.9 Å². The van der Waals surface area contributed by atoms with Crippen LogP contribution in [0, 0.1) is 6.92 Å². The molecule has 6 rings (SSSR count). The van der Waals surface area contributed by atoms with Crippen LogP contribution >= 0.6 is 0 Å². The third-order valence-electron chi connectivity index (χ3n) is 6.95. The molecule has 10 nitrogen and oxygen atoms in total. The fourth-order valence-corrected chi connectivity index (χ4v) is 4.91. The van der Waals surface area contributed by atoms with Crippen LogP contribution in [0.25, 0.3) is 33.9 Å². The number of piperazine rings is 1. The Morgan fingerprint density at radius 1 is 1.03 bits per heavy atom. The fourth-order valence-electron chi connectivity index (χ4n) is 4.91. The molecule has 1 unspecified atom stereocenters. The summed E-state index contributed by atoms with van der Waals surface area (Å²) in [5, 5.41) is 9.45. The maximum Gasteiger partial charge on any atom is 0.254 e. The van der Waals surface area contributed by atoms with Crippen molar-refractivity contribution in [3.05, 3.63) is 71.9 Å². The van der Waals surface area contributed by atoms with Crippen LogP contribution in [0.1, 0.15) is 34.9 Å². The number of benzene rings is 1. The number of hydrogen-bond donors (Lipinski definition) is 0. The molecule has 0 N–H and O–H groups in total. The van der Waals surface area contributed by atoms with Gasteiger partial charge in [-0.2, -0.15) is 10.1 Å². The number of pyridine rings is 1. The first-order valence-corrected chi connectivity index (χ1v) is 12.3. The van der Waals surface area contributed by atoms with Crippen molar-refractivity contribution in [3.63, 3.8) is 0 Å². The Kier molecular flexibility index (Phi) is 5.80. The van der Waals surface area contributed by atoms with Crippen LogP contribution in [0.2, 0.25) is 0 Å². The van der Waals surface area contributed by atoms with Gasteiger partial charge in [-0.05, 0) is 32.0 Å². The lowest BCUT2D eigenvalue weighted by atomic mass is 10.1. The van der Waals surface area contributed by atoms with Gasteiger partial charge in [-0.1, -0.05) is 35.5 Å². The van der Waals surface area contributed by atoms with Crippen LogP contribution in [0.4, 0.5) is 0 Å². The average Bonchev–Trinajstić information content (AvgIpc) is 3.70. The van der Waals surface area contributed by atoms with Crippen LogP contribution in [0.5, 0.6) is 0 Å². The molecular weight excluding hydrogens is 470 g/mol. The van der Waals surface area contributed by atoms with E-state index < -0.39 is 0 Å². The zero-order chi connectivity index (χ0) is 25.5. The summed E-state index contributed by atoms with van der Waals surface area (Å²) in [7, 11) is 1.84. The number of nitrogens with zero attached hydrogens (tertiary/aromatic N) is 7. The molecular formula is C27H27N7O3. The Morgan fingerprint density at radius 3 is 2.54 bits per heavy atom. The van der Waals surface area contributed by atoms with Crippen LogP contribution in [-0.4, -0.2) is 66.8 Å². The zero-order valence-corrected chi connectivity index (χ0v) is 21.0. The molecule has 37 heavy (non-hydrogen) atoms. The fraction of sp³-hybridized carbons (Fsp3) is 0.296. The van der Waals surface area contributed by atoms with E-state index >= 15 is 0 Å². The van der Waals surface area contributed by atoms with Gasteiger partial charge in [0, 0.05) is 38.8 Å². The van der Waals surface area contributed by atoms with Gasteiger partial charge in [-0.15, -0.1) is 0 Å². The highest BCUT2D eigenvalue weighted by molar-refractivity contribution is 6.07. The van der Waals surface area contributed by atoms with Crippen molar-refractivity contribution >= 4 is 16.9 Å². The van der Waals surface area contributed by atoms with E-state index in [1.54, 1.807) is 10.9 Å². The van der Waals surface area contributed by atoms with Gasteiger partial charge in [0.25, 0.3) is 5.91 Å². The second-order valence-electron chi connectivity index (χ2n) is 9.27. The maximum atomic E-state index is 13.8. The molecule has 0 spiro atoms. The number of amides is 1. The molecule has 0 radical (unpaired) electrons. The minimum Gasteiger partial charge on any atom is -0.463 e. The Morgan fingerprint density at radius 2 is 1.81 bits per heavy atom. The average molecular weight is 498 g/mol. The summed E-state index contributed by atoms with van der Waals surface area (Å²) in [6, 6.07) is 15.2. The van der Waals surface area contributed by atoms with Gasteiger partial charge in [-0.25, -0.2) is 4.98 Å². The number of carbonyl (C=O) groups excluding carboxylic acids is 1. The van der Waals surface area contributed by atoms with E-state index in [0.29, 0.717) is 60.6 Å². The van der Waals surface area contributed by atoms with Crippen LogP contribution in [0.15, 0.2) is 63.7 Å². The Hall–Kier alpha value is -4.31. The lowest BCUT2D eigenvalue weighted by Crippen LogP contribution is -2.49. The number of rotatable bonds is 5. The normalized spacial score (nSPS) is 15.4. The summed E-state index contributed by atoms with van der Waals surface area (Å²) in [5.41, 5.74) is 3.56. The summed E-state index contributed by atoms with van der Waals surface area (Å²) in [5.74, 6) is 1.73. The first kappa shape index (κ1) is 23.1. The second kappa shape index (κ2) is 9.29. The maximum absolute atomic E-state index is 13.8. The topological polar surface area (TPSA) is 106 Å². The van der Waals surface area contributed by atoms with Crippen molar-refractivity contribution in [1.29, 1.82) is 0 Å². The molecule has 1 aliphatic rings. The number of carbonyl (C=O) groups is 1. The molecule has 1 aliphatic heterocycles. The minimum absolute atomic E-state index is 0.0345. The van der Waals surface area contributed by atoms with Gasteiger partial charge in [0.1, 0.15) is 5.69 Å². The Bertz CT molecular complexity index is 1550. The minimum atomic E-state index is -0.0547. The van der Waals surface area contributed by atoms with E-state index in [0.717, 1.165) is 16.6 Å². The molecule has 1 saturated heterocycles. The standard InChI is InChI=1S/C27H27N7O3/c1-17-23-20(16-21(22-10-7-15-36-22)28-25(23)32(3)30-17)27(35)34-13-11-33(12-14-34)18(2)26-29-24(31-37-26)19-8-5-4-6-9-19/h4-10,15-16,18H,11-14H2,1-3H3. The zero-order valence-electron chi connectivity index (χ0n) is 21.0. The largest absolute Gasteiger partial charge is 0.463 e. The lowest BCUT2D eigenvalue weighted by Gasteiger charge is -2.37. The van der Waals surface area contributed by atoms with Crippen molar-refractivity contribution in [2.75, 3.05) is 26.2 Å². The van der Waals surface area contributed by atoms with E-state index in [4.69, 9.17) is 13.9 Å². The Balaban J connectivity index is 1.21. The van der Waals surface area contributed by atoms with Crippen LogP contribution in [0.3, 0.4) is 0 Å². The smallest absolute Gasteiger partial charge is 0.254 e. The summed E-state index contributed by atoms with van der Waals surface area (Å²) < 4.78 is 12.9. The van der Waals surface area contributed by atoms with E-state index in [-0.39, 0.29) is 11.9 Å². The monoisotopic (exact) mass is 497 g/mol. The van der Waals surface area contributed by atoms with Crippen molar-refractivity contribution in [3.8, 4) is 22.8 Å². The highest BCUT2D eigenvalue weighted by atomic mass is 16.5. The van der Waals surface area contributed by atoms with Crippen molar-refractivity contribution in [2.24, 2.45) is 7.05 Å². The lowest BCUT2D eigenvalue weighted by molar-refractivity contribution is 0.0553. The Labute approximate surface area is 213 Å². The molecule has 1 fully saturated rings. The van der Waals surface area contributed by atoms with Crippen molar-refractivity contribution < 1.29 is 13.7 Å². The quantitative estimate of drug-likeness (QED) is 0.357. The van der Waals surface area contributed by atoms with Gasteiger partial charge in [-0.3, -0.25) is 14.4 Å². The molecule has 10 heteroatoms. The highest BCUT2D eigenvalue weighted by Crippen LogP contribution is 2.29. The van der Waals surface area contributed by atoms with Crippen molar-refractivity contribution in [2.45, 2.75) is 19.9 Å². The third kappa shape index (κ3) is 4.19. The molecule has 0 aliphatic carbocycles. The summed E-state index contributed by atoms with van der Waals surface area (Å²) in [4.78, 5) is 27.3. The van der Waals surface area contributed by atoms with Gasteiger partial charge < -0.3 is 13.8 Å². The summed E-state index contributed by atoms with van der Waals surface area (Å²) in [6.45, 7) is 6.52. The van der Waals surface area contributed by atoms with E-state index in [9.17, 15) is 4.79 Å². The molecule has 188 valence electrons. The predicted octanol–water partition coefficient (Wildman–Crippen LogP) is 4.11. The van der Waals surface area contributed by atoms with Gasteiger partial charge in [0.2, 0.25) is 11.7 Å². The molecule has 1 aromatic carbocycles. The van der Waals surface area contributed by atoms with Gasteiger partial charge in [0.15, 0.2) is 11.4 Å². The highest BCUT2D eigenvalue weighted by Gasteiger charge is 2.30. The summed E-state index contributed by atoms with van der Waals surface area (Å²) in [6.07, 6.45) is 1.60. The van der Waals surface area contributed by atoms with E-state index in [1.165, 1.54) is 0 Å². The number of hydrogen-bond acceptors (Lipinski definition) is 8. The van der Waals surface area contributed by atoms with Crippen LogP contribution in [-0.2, 0) is 7.05 Å². The molecule has 1 amide bonds. The second-order valence-corrected chi connectivity index (χ2v) is 9.27. The number of aromatic nitrogens is 5. The first-order valence-electron chi connectivity index (χ1n) is 12.3. The molecule has 1 atom stereocenters. The van der Waals surface area contributed by atoms with Crippen LogP contribution < -0.4 is 0 Å². The van der Waals surface area contributed by atoms with E-state index in [2.05, 4.69) is 27.1 Å². The molecule has 5 heterocycles. The molecule has 0 bridgehead atoms. The third-order valence-corrected chi connectivity index (χ3v) is 6.95. The predicted molar refractivity (Wildman–Crippen MR) is 137 cm³/mol. The van der Waals surface area contributed by atoms with Gasteiger partial charge >= 0.3 is 0 Å². The van der Waals surface area contributed by atoms with Crippen molar-refractivity contribution in [1.82, 2.24) is 34.7 Å². The molecule has 4 aromatic heterocycles. The first-order chi connectivity index (χ1) is 18.0. The molecule has 5 aromatic rings. The number of fused-ring (bicyclic) bond motifs is 1. The summed E-state index contributed by atoms with van der Waals surface area (Å²) >= 11 is 0. The number of aryl methyl sites for hydroxylation is 2. The molecule has 0 saturated carbocycles.